The number of ether oxygens (including phenoxy) is 1. The Morgan fingerprint density at radius 1 is 1.38 bits per heavy atom. The number of rotatable bonds is 2. The summed E-state index contributed by atoms with van der Waals surface area (Å²) < 4.78 is 5.12. The van der Waals surface area contributed by atoms with E-state index in [0.29, 0.717) is 5.75 Å². The Balaban J connectivity index is 3.05. The number of nitrogens with zero attached hydrogens (tertiary/aromatic N) is 1. The summed E-state index contributed by atoms with van der Waals surface area (Å²) in [6.45, 7) is 1.52. The lowest BCUT2D eigenvalue weighted by Crippen LogP contribution is -2.23. The zero-order valence-corrected chi connectivity index (χ0v) is 8.07. The molecule has 0 spiro atoms. The van der Waals surface area contributed by atoms with E-state index < -0.39 is 0 Å². The van der Waals surface area contributed by atoms with Crippen LogP contribution in [0.25, 0.3) is 0 Å². The van der Waals surface area contributed by atoms with Crippen LogP contribution in [0.2, 0.25) is 0 Å². The van der Waals surface area contributed by atoms with Crippen molar-refractivity contribution in [3.05, 3.63) is 24.3 Å². The SMILES string of the molecule is COc1ccccc1N(C)C(C)=O. The van der Waals surface area contributed by atoms with Crippen molar-refractivity contribution in [3.8, 4) is 5.75 Å². The molecule has 0 bridgehead atoms. The molecule has 70 valence electrons. The van der Waals surface area contributed by atoms with Crippen molar-refractivity contribution in [2.24, 2.45) is 0 Å². The highest BCUT2D eigenvalue weighted by Crippen LogP contribution is 2.26. The number of carbonyl (C=O) groups is 1. The third-order valence-electron chi connectivity index (χ3n) is 1.92. The summed E-state index contributed by atoms with van der Waals surface area (Å²) in [5.74, 6) is 0.699. The van der Waals surface area contributed by atoms with Gasteiger partial charge in [0.25, 0.3) is 0 Å². The Morgan fingerprint density at radius 3 is 2.54 bits per heavy atom. The first-order chi connectivity index (χ1) is 6.16. The standard InChI is InChI=1S/C10H13NO2/c1-8(12)11(2)9-6-4-5-7-10(9)13-3/h4-7H,1-3H3. The summed E-state index contributed by atoms with van der Waals surface area (Å²) >= 11 is 0. The molecule has 0 aliphatic rings. The highest BCUT2D eigenvalue weighted by molar-refractivity contribution is 5.92. The highest BCUT2D eigenvalue weighted by Gasteiger charge is 2.09. The zero-order chi connectivity index (χ0) is 9.84. The Bertz CT molecular complexity index is 310. The second kappa shape index (κ2) is 3.94. The van der Waals surface area contributed by atoms with E-state index >= 15 is 0 Å². The van der Waals surface area contributed by atoms with Gasteiger partial charge < -0.3 is 9.64 Å². The fourth-order valence-electron chi connectivity index (χ4n) is 1.08. The number of hydrogen-bond donors (Lipinski definition) is 0. The molecule has 1 rings (SSSR count). The normalized spacial score (nSPS) is 9.46. The number of para-hydroxylation sites is 2. The molecule has 0 fully saturated rings. The minimum atomic E-state index is -0.00972. The second-order valence-electron chi connectivity index (χ2n) is 2.75. The highest BCUT2D eigenvalue weighted by atomic mass is 16.5. The first kappa shape index (κ1) is 9.58. The number of carbonyl (C=O) groups excluding carboxylic acids is 1. The van der Waals surface area contributed by atoms with Gasteiger partial charge in [0.1, 0.15) is 5.75 Å². The Labute approximate surface area is 77.9 Å². The largest absolute Gasteiger partial charge is 0.495 e. The second-order valence-corrected chi connectivity index (χ2v) is 2.75. The van der Waals surface area contributed by atoms with Crippen LogP contribution in [0.4, 0.5) is 5.69 Å². The van der Waals surface area contributed by atoms with Gasteiger partial charge in [-0.3, -0.25) is 4.79 Å². The van der Waals surface area contributed by atoms with Crippen LogP contribution in [0.1, 0.15) is 6.92 Å². The smallest absolute Gasteiger partial charge is 0.223 e. The molecule has 3 heteroatoms. The van der Waals surface area contributed by atoms with E-state index in [1.807, 2.05) is 24.3 Å². The van der Waals surface area contributed by atoms with Gasteiger partial charge in [0, 0.05) is 14.0 Å². The third kappa shape index (κ3) is 1.99. The monoisotopic (exact) mass is 179 g/mol. The fourth-order valence-corrected chi connectivity index (χ4v) is 1.08. The lowest BCUT2D eigenvalue weighted by atomic mass is 10.2. The van der Waals surface area contributed by atoms with Crippen molar-refractivity contribution in [1.29, 1.82) is 0 Å². The maximum atomic E-state index is 11.1. The molecular weight excluding hydrogens is 166 g/mol. The molecule has 0 heterocycles. The van der Waals surface area contributed by atoms with Crippen molar-refractivity contribution in [2.75, 3.05) is 19.1 Å². The van der Waals surface area contributed by atoms with Gasteiger partial charge in [0.2, 0.25) is 5.91 Å². The number of hydrogen-bond acceptors (Lipinski definition) is 2. The Kier molecular flexibility index (Phi) is 2.90. The van der Waals surface area contributed by atoms with Crippen LogP contribution < -0.4 is 9.64 Å². The molecule has 0 aliphatic heterocycles. The van der Waals surface area contributed by atoms with E-state index in [0.717, 1.165) is 5.69 Å². The van der Waals surface area contributed by atoms with E-state index in [1.165, 1.54) is 6.92 Å². The molecule has 0 aromatic heterocycles. The molecule has 0 saturated carbocycles. The number of benzene rings is 1. The maximum Gasteiger partial charge on any atom is 0.223 e. The van der Waals surface area contributed by atoms with E-state index in [2.05, 4.69) is 0 Å². The van der Waals surface area contributed by atoms with Crippen LogP contribution in [0.15, 0.2) is 24.3 Å². The molecule has 0 saturated heterocycles. The minimum Gasteiger partial charge on any atom is -0.495 e. The summed E-state index contributed by atoms with van der Waals surface area (Å²) in [6, 6.07) is 7.42. The van der Waals surface area contributed by atoms with Gasteiger partial charge in [-0.1, -0.05) is 12.1 Å². The van der Waals surface area contributed by atoms with Crippen molar-refractivity contribution in [1.82, 2.24) is 0 Å². The predicted molar refractivity (Wildman–Crippen MR) is 52.1 cm³/mol. The topological polar surface area (TPSA) is 29.5 Å². The van der Waals surface area contributed by atoms with Crippen LogP contribution in [-0.4, -0.2) is 20.1 Å². The summed E-state index contributed by atoms with van der Waals surface area (Å²) in [5.41, 5.74) is 0.789. The van der Waals surface area contributed by atoms with Gasteiger partial charge in [-0.15, -0.1) is 0 Å². The maximum absolute atomic E-state index is 11.1. The molecule has 0 N–H and O–H groups in total. The summed E-state index contributed by atoms with van der Waals surface area (Å²) in [6.07, 6.45) is 0. The Morgan fingerprint density at radius 2 is 2.00 bits per heavy atom. The predicted octanol–water partition coefficient (Wildman–Crippen LogP) is 1.68. The first-order valence-corrected chi connectivity index (χ1v) is 4.04. The van der Waals surface area contributed by atoms with E-state index in [4.69, 9.17) is 4.74 Å². The van der Waals surface area contributed by atoms with Crippen molar-refractivity contribution in [2.45, 2.75) is 6.92 Å². The van der Waals surface area contributed by atoms with E-state index in [-0.39, 0.29) is 5.91 Å². The average Bonchev–Trinajstić information content (AvgIpc) is 2.16. The van der Waals surface area contributed by atoms with Crippen LogP contribution >= 0.6 is 0 Å². The molecule has 3 nitrogen and oxygen atoms in total. The molecule has 0 unspecified atom stereocenters. The molecule has 0 atom stereocenters. The minimum absolute atomic E-state index is 0.00972. The van der Waals surface area contributed by atoms with Crippen molar-refractivity contribution >= 4 is 11.6 Å². The van der Waals surface area contributed by atoms with Crippen LogP contribution in [0, 0.1) is 0 Å². The molecule has 0 radical (unpaired) electrons. The van der Waals surface area contributed by atoms with E-state index in [9.17, 15) is 4.79 Å². The molecule has 1 aromatic rings. The van der Waals surface area contributed by atoms with Crippen LogP contribution in [0.3, 0.4) is 0 Å². The van der Waals surface area contributed by atoms with Crippen molar-refractivity contribution < 1.29 is 9.53 Å². The average molecular weight is 179 g/mol. The fraction of sp³-hybridized carbons (Fsp3) is 0.300. The number of amides is 1. The van der Waals surface area contributed by atoms with Crippen LogP contribution in [-0.2, 0) is 4.79 Å². The van der Waals surface area contributed by atoms with Gasteiger partial charge in [0.05, 0.1) is 12.8 Å². The lowest BCUT2D eigenvalue weighted by Gasteiger charge is -2.17. The van der Waals surface area contributed by atoms with Crippen molar-refractivity contribution in [3.63, 3.8) is 0 Å². The van der Waals surface area contributed by atoms with Gasteiger partial charge >= 0.3 is 0 Å². The van der Waals surface area contributed by atoms with Gasteiger partial charge in [-0.05, 0) is 12.1 Å². The number of methoxy groups -OCH3 is 1. The van der Waals surface area contributed by atoms with E-state index in [1.54, 1.807) is 19.1 Å². The molecule has 1 aromatic carbocycles. The molecule has 13 heavy (non-hydrogen) atoms. The van der Waals surface area contributed by atoms with Gasteiger partial charge in [-0.2, -0.15) is 0 Å². The van der Waals surface area contributed by atoms with Crippen LogP contribution in [0.5, 0.6) is 5.75 Å². The zero-order valence-electron chi connectivity index (χ0n) is 8.07. The summed E-state index contributed by atoms with van der Waals surface area (Å²) in [5, 5.41) is 0. The lowest BCUT2D eigenvalue weighted by molar-refractivity contribution is -0.116. The first-order valence-electron chi connectivity index (χ1n) is 4.04. The molecule has 0 aliphatic carbocycles. The van der Waals surface area contributed by atoms with Gasteiger partial charge in [-0.25, -0.2) is 0 Å². The third-order valence-corrected chi connectivity index (χ3v) is 1.92. The quantitative estimate of drug-likeness (QED) is 0.691. The summed E-state index contributed by atoms with van der Waals surface area (Å²) in [7, 11) is 3.31. The Hall–Kier alpha value is -1.51. The summed E-state index contributed by atoms with van der Waals surface area (Å²) in [4.78, 5) is 12.6. The van der Waals surface area contributed by atoms with Gasteiger partial charge in [0.15, 0.2) is 0 Å². The molecule has 1 amide bonds. The number of anilines is 1. The molecular formula is C10H13NO2.